The van der Waals surface area contributed by atoms with Crippen molar-refractivity contribution in [2.24, 2.45) is 0 Å². The number of carbonyl (C=O) groups is 1. The number of aromatic nitrogens is 2. The van der Waals surface area contributed by atoms with E-state index >= 15 is 0 Å². The Hall–Kier alpha value is -3.13. The maximum absolute atomic E-state index is 12.9. The van der Waals surface area contributed by atoms with Crippen molar-refractivity contribution in [3.8, 4) is 0 Å². The Bertz CT molecular complexity index is 988. The predicted molar refractivity (Wildman–Crippen MR) is 109 cm³/mol. The smallest absolute Gasteiger partial charge is 0.358 e. The number of nitro groups is 1. The second-order valence-corrected chi connectivity index (χ2v) is 7.29. The van der Waals surface area contributed by atoms with Gasteiger partial charge in [0.2, 0.25) is 0 Å². The van der Waals surface area contributed by atoms with Gasteiger partial charge >= 0.3 is 5.82 Å². The van der Waals surface area contributed by atoms with Crippen molar-refractivity contribution in [1.29, 1.82) is 0 Å². The van der Waals surface area contributed by atoms with Gasteiger partial charge in [-0.15, -0.1) is 0 Å². The number of hydrogen-bond donors (Lipinski definition) is 1. The minimum absolute atomic E-state index is 0.260. The number of rotatable bonds is 7. The third-order valence-electron chi connectivity index (χ3n) is 4.20. The summed E-state index contributed by atoms with van der Waals surface area (Å²) in [6.45, 7) is 3.55. The van der Waals surface area contributed by atoms with E-state index in [0.717, 1.165) is 9.79 Å². The molecule has 0 spiro atoms. The number of hydrogen-bond acceptors (Lipinski definition) is 5. The van der Waals surface area contributed by atoms with Crippen LogP contribution in [0, 0.1) is 17.0 Å². The molecule has 1 heterocycles. The van der Waals surface area contributed by atoms with Gasteiger partial charge in [-0.05, 0) is 42.5 Å². The number of nitrogens with zero attached hydrogens (tertiary/aromatic N) is 3. The van der Waals surface area contributed by atoms with Crippen molar-refractivity contribution < 1.29 is 9.72 Å². The van der Waals surface area contributed by atoms with Gasteiger partial charge in [0, 0.05) is 9.79 Å². The van der Waals surface area contributed by atoms with Crippen LogP contribution >= 0.6 is 11.8 Å². The second kappa shape index (κ2) is 8.71. The molecule has 0 aliphatic carbocycles. The van der Waals surface area contributed by atoms with Crippen LogP contribution in [0.15, 0.2) is 70.5 Å². The van der Waals surface area contributed by atoms with Crippen molar-refractivity contribution in [1.82, 2.24) is 9.78 Å². The molecule has 7 nitrogen and oxygen atoms in total. The van der Waals surface area contributed by atoms with E-state index in [9.17, 15) is 14.9 Å². The summed E-state index contributed by atoms with van der Waals surface area (Å²) < 4.78 is 1.42. The van der Waals surface area contributed by atoms with Crippen LogP contribution in [0.25, 0.3) is 0 Å². The molecule has 0 bridgehead atoms. The van der Waals surface area contributed by atoms with Gasteiger partial charge in [-0.3, -0.25) is 4.79 Å². The topological polar surface area (TPSA) is 90.1 Å². The number of amides is 1. The Morgan fingerprint density at radius 3 is 2.54 bits per heavy atom. The van der Waals surface area contributed by atoms with Crippen LogP contribution in [0.3, 0.4) is 0 Å². The lowest BCUT2D eigenvalue weighted by molar-refractivity contribution is -0.389. The van der Waals surface area contributed by atoms with Crippen molar-refractivity contribution >= 4 is 29.2 Å². The highest BCUT2D eigenvalue weighted by Crippen LogP contribution is 2.33. The molecule has 0 radical (unpaired) electrons. The lowest BCUT2D eigenvalue weighted by atomic mass is 10.2. The second-order valence-electron chi connectivity index (χ2n) is 6.17. The van der Waals surface area contributed by atoms with E-state index in [0.29, 0.717) is 17.8 Å². The Kier molecular flexibility index (Phi) is 6.10. The lowest BCUT2D eigenvalue weighted by Gasteiger charge is -2.16. The molecule has 144 valence electrons. The Labute approximate surface area is 166 Å². The van der Waals surface area contributed by atoms with Crippen LogP contribution in [0.2, 0.25) is 0 Å². The average Bonchev–Trinajstić information content (AvgIpc) is 3.07. The molecule has 1 unspecified atom stereocenters. The lowest BCUT2D eigenvalue weighted by Crippen LogP contribution is -2.27. The van der Waals surface area contributed by atoms with Gasteiger partial charge in [0.15, 0.2) is 6.04 Å². The first-order valence-electron chi connectivity index (χ1n) is 8.83. The molecular weight excluding hydrogens is 376 g/mol. The van der Waals surface area contributed by atoms with Gasteiger partial charge in [0.1, 0.15) is 0 Å². The number of para-hydroxylation sites is 1. The van der Waals surface area contributed by atoms with Crippen LogP contribution in [0.5, 0.6) is 0 Å². The normalized spacial score (nSPS) is 11.8. The fourth-order valence-electron chi connectivity index (χ4n) is 2.84. The van der Waals surface area contributed by atoms with Gasteiger partial charge in [0.05, 0.1) is 22.5 Å². The summed E-state index contributed by atoms with van der Waals surface area (Å²) in [7, 11) is 0. The van der Waals surface area contributed by atoms with Crippen molar-refractivity contribution in [2.75, 3.05) is 5.32 Å². The summed E-state index contributed by atoms with van der Waals surface area (Å²) >= 11 is 1.56. The standard InChI is InChI=1S/C20H20N4O3S/c1-3-17(23-14(2)13-19(22-23)24(26)27)20(25)21-16-11-7-8-12-18(16)28-15-9-5-4-6-10-15/h4-13,17H,3H2,1-2H3,(H,21,25). The van der Waals surface area contributed by atoms with Gasteiger partial charge in [0.25, 0.3) is 5.91 Å². The average molecular weight is 396 g/mol. The molecule has 8 heteroatoms. The maximum Gasteiger partial charge on any atom is 0.390 e. The van der Waals surface area contributed by atoms with Gasteiger partial charge in [-0.25, -0.2) is 0 Å². The van der Waals surface area contributed by atoms with Gasteiger partial charge in [-0.1, -0.05) is 49.0 Å². The molecule has 3 rings (SSSR count). The highest BCUT2D eigenvalue weighted by molar-refractivity contribution is 7.99. The van der Waals surface area contributed by atoms with Gasteiger partial charge < -0.3 is 15.4 Å². The first-order valence-corrected chi connectivity index (χ1v) is 9.64. The summed E-state index contributed by atoms with van der Waals surface area (Å²) in [6, 6.07) is 18.2. The van der Waals surface area contributed by atoms with E-state index in [2.05, 4.69) is 10.4 Å². The quantitative estimate of drug-likeness (QED) is 0.456. The molecule has 1 atom stereocenters. The van der Waals surface area contributed by atoms with E-state index in [1.165, 1.54) is 10.7 Å². The predicted octanol–water partition coefficient (Wildman–Crippen LogP) is 4.84. The molecule has 0 saturated carbocycles. The SMILES string of the molecule is CCC(C(=O)Nc1ccccc1Sc1ccccc1)n1nc([N+](=O)[O-])cc1C. The van der Waals surface area contributed by atoms with Crippen LogP contribution < -0.4 is 5.32 Å². The first kappa shape index (κ1) is 19.6. The van der Waals surface area contributed by atoms with E-state index in [1.807, 2.05) is 61.5 Å². The van der Waals surface area contributed by atoms with Gasteiger partial charge in [-0.2, -0.15) is 4.68 Å². The number of nitrogens with one attached hydrogen (secondary N) is 1. The van der Waals surface area contributed by atoms with E-state index in [1.54, 1.807) is 18.7 Å². The molecule has 28 heavy (non-hydrogen) atoms. The molecule has 0 aliphatic rings. The Morgan fingerprint density at radius 2 is 1.89 bits per heavy atom. The van der Waals surface area contributed by atoms with E-state index < -0.39 is 11.0 Å². The fourth-order valence-corrected chi connectivity index (χ4v) is 3.76. The maximum atomic E-state index is 12.9. The summed E-state index contributed by atoms with van der Waals surface area (Å²) in [5, 5.41) is 17.9. The molecular formula is C20H20N4O3S. The minimum atomic E-state index is -0.636. The van der Waals surface area contributed by atoms with Crippen molar-refractivity contribution in [3.05, 3.63) is 76.5 Å². The molecule has 1 N–H and O–H groups in total. The summed E-state index contributed by atoms with van der Waals surface area (Å²) in [5.74, 6) is -0.520. The Balaban J connectivity index is 1.83. The van der Waals surface area contributed by atoms with Crippen molar-refractivity contribution in [2.45, 2.75) is 36.1 Å². The van der Waals surface area contributed by atoms with E-state index in [-0.39, 0.29) is 11.7 Å². The number of benzene rings is 2. The number of aryl methyl sites for hydroxylation is 1. The molecule has 0 fully saturated rings. The molecule has 3 aromatic rings. The zero-order chi connectivity index (χ0) is 20.1. The molecule has 0 saturated heterocycles. The van der Waals surface area contributed by atoms with Crippen molar-refractivity contribution in [3.63, 3.8) is 0 Å². The monoisotopic (exact) mass is 396 g/mol. The minimum Gasteiger partial charge on any atom is -0.358 e. The zero-order valence-electron chi connectivity index (χ0n) is 15.5. The Morgan fingerprint density at radius 1 is 1.21 bits per heavy atom. The highest BCUT2D eigenvalue weighted by atomic mass is 32.2. The van der Waals surface area contributed by atoms with Crippen LogP contribution in [-0.4, -0.2) is 20.6 Å². The van der Waals surface area contributed by atoms with Crippen LogP contribution in [0.4, 0.5) is 11.5 Å². The van der Waals surface area contributed by atoms with Crippen LogP contribution in [-0.2, 0) is 4.79 Å². The number of carbonyl (C=O) groups excluding carboxylic acids is 1. The molecule has 1 amide bonds. The number of anilines is 1. The summed E-state index contributed by atoms with van der Waals surface area (Å²) in [5.41, 5.74) is 1.26. The third-order valence-corrected chi connectivity index (χ3v) is 5.28. The first-order chi connectivity index (χ1) is 13.5. The largest absolute Gasteiger partial charge is 0.390 e. The molecule has 2 aromatic carbocycles. The fraction of sp³-hybridized carbons (Fsp3) is 0.200. The summed E-state index contributed by atoms with van der Waals surface area (Å²) in [6.07, 6.45) is 0.458. The highest BCUT2D eigenvalue weighted by Gasteiger charge is 2.27. The van der Waals surface area contributed by atoms with E-state index in [4.69, 9.17) is 0 Å². The summed E-state index contributed by atoms with van der Waals surface area (Å²) in [4.78, 5) is 25.3. The molecule has 1 aromatic heterocycles. The van der Waals surface area contributed by atoms with Crippen LogP contribution in [0.1, 0.15) is 25.1 Å². The third kappa shape index (κ3) is 4.40. The molecule has 0 aliphatic heterocycles. The zero-order valence-corrected chi connectivity index (χ0v) is 16.3.